The van der Waals surface area contributed by atoms with E-state index in [2.05, 4.69) is 5.92 Å². The summed E-state index contributed by atoms with van der Waals surface area (Å²) < 4.78 is 0. The van der Waals surface area contributed by atoms with Gasteiger partial charge < -0.3 is 5.11 Å². The number of carboxylic acid groups (broad SMARTS) is 1. The first-order valence-corrected chi connectivity index (χ1v) is 5.35. The predicted molar refractivity (Wildman–Crippen MR) is 64.1 cm³/mol. The largest absolute Gasteiger partial charge is 0.481 e. The molecule has 0 heterocycles. The van der Waals surface area contributed by atoms with Crippen molar-refractivity contribution in [2.45, 2.75) is 26.2 Å². The van der Waals surface area contributed by atoms with Crippen LogP contribution in [-0.2, 0) is 11.2 Å². The third-order valence-corrected chi connectivity index (χ3v) is 2.55. The number of carbonyl (C=O) groups is 1. The highest BCUT2D eigenvalue weighted by molar-refractivity contribution is 5.70. The molecule has 1 aromatic carbocycles. The molecule has 0 aliphatic carbocycles. The van der Waals surface area contributed by atoms with Gasteiger partial charge >= 0.3 is 5.97 Å². The van der Waals surface area contributed by atoms with E-state index in [-0.39, 0.29) is 5.92 Å². The Morgan fingerprint density at radius 3 is 2.88 bits per heavy atom. The maximum Gasteiger partial charge on any atom is 0.306 e. The molecule has 84 valence electrons. The van der Waals surface area contributed by atoms with E-state index in [0.717, 1.165) is 11.1 Å². The number of aliphatic carboxylic acids is 1. The first-order chi connectivity index (χ1) is 7.63. The van der Waals surface area contributed by atoms with E-state index < -0.39 is 5.97 Å². The summed E-state index contributed by atoms with van der Waals surface area (Å²) in [6.45, 7) is 2.00. The highest BCUT2D eigenvalue weighted by Crippen LogP contribution is 2.15. The van der Waals surface area contributed by atoms with Crippen LogP contribution in [0.4, 0.5) is 0 Å². The SMILES string of the molecule is C#CCCC(Cc1cccc(C)c1)C(=O)O. The molecule has 16 heavy (non-hydrogen) atoms. The normalized spacial score (nSPS) is 11.8. The Balaban J connectivity index is 2.68. The van der Waals surface area contributed by atoms with Gasteiger partial charge in [0.2, 0.25) is 0 Å². The fourth-order valence-electron chi connectivity index (χ4n) is 1.69. The molecule has 0 aliphatic heterocycles. The van der Waals surface area contributed by atoms with Crippen molar-refractivity contribution in [3.63, 3.8) is 0 Å². The van der Waals surface area contributed by atoms with E-state index in [0.29, 0.717) is 19.3 Å². The topological polar surface area (TPSA) is 37.3 Å². The maximum absolute atomic E-state index is 11.0. The lowest BCUT2D eigenvalue weighted by atomic mass is 9.94. The van der Waals surface area contributed by atoms with Crippen LogP contribution in [-0.4, -0.2) is 11.1 Å². The highest BCUT2D eigenvalue weighted by atomic mass is 16.4. The van der Waals surface area contributed by atoms with Crippen LogP contribution in [0.2, 0.25) is 0 Å². The molecule has 0 saturated heterocycles. The number of aryl methyl sites for hydroxylation is 1. The summed E-state index contributed by atoms with van der Waals surface area (Å²) in [6.07, 6.45) is 6.76. The second-order valence-electron chi connectivity index (χ2n) is 3.97. The summed E-state index contributed by atoms with van der Waals surface area (Å²) in [6, 6.07) is 7.93. The lowest BCUT2D eigenvalue weighted by molar-refractivity contribution is -0.141. The van der Waals surface area contributed by atoms with Crippen molar-refractivity contribution in [1.29, 1.82) is 0 Å². The number of hydrogen-bond acceptors (Lipinski definition) is 1. The van der Waals surface area contributed by atoms with Crippen LogP contribution in [0, 0.1) is 25.2 Å². The number of terminal acetylenes is 1. The van der Waals surface area contributed by atoms with Gasteiger partial charge in [-0.2, -0.15) is 0 Å². The molecule has 2 nitrogen and oxygen atoms in total. The molecule has 0 aromatic heterocycles. The highest BCUT2D eigenvalue weighted by Gasteiger charge is 2.17. The minimum Gasteiger partial charge on any atom is -0.481 e. The van der Waals surface area contributed by atoms with Crippen molar-refractivity contribution in [3.8, 4) is 12.3 Å². The van der Waals surface area contributed by atoms with Crippen LogP contribution in [0.5, 0.6) is 0 Å². The van der Waals surface area contributed by atoms with Crippen LogP contribution in [0.1, 0.15) is 24.0 Å². The molecule has 0 spiro atoms. The molecular weight excluding hydrogens is 200 g/mol. The lowest BCUT2D eigenvalue weighted by Crippen LogP contribution is -2.16. The van der Waals surface area contributed by atoms with Crippen molar-refractivity contribution in [3.05, 3.63) is 35.4 Å². The summed E-state index contributed by atoms with van der Waals surface area (Å²) in [5.41, 5.74) is 2.21. The van der Waals surface area contributed by atoms with Gasteiger partial charge in [-0.15, -0.1) is 12.3 Å². The van der Waals surface area contributed by atoms with Crippen LogP contribution in [0.25, 0.3) is 0 Å². The smallest absolute Gasteiger partial charge is 0.306 e. The van der Waals surface area contributed by atoms with Crippen molar-refractivity contribution in [1.82, 2.24) is 0 Å². The number of rotatable bonds is 5. The number of hydrogen-bond donors (Lipinski definition) is 1. The van der Waals surface area contributed by atoms with Crippen molar-refractivity contribution in [2.75, 3.05) is 0 Å². The lowest BCUT2D eigenvalue weighted by Gasteiger charge is -2.11. The quantitative estimate of drug-likeness (QED) is 0.768. The van der Waals surface area contributed by atoms with Gasteiger partial charge in [0.1, 0.15) is 0 Å². The zero-order chi connectivity index (χ0) is 12.0. The first-order valence-electron chi connectivity index (χ1n) is 5.35. The van der Waals surface area contributed by atoms with E-state index in [1.165, 1.54) is 0 Å². The summed E-state index contributed by atoms with van der Waals surface area (Å²) in [4.78, 5) is 11.0. The van der Waals surface area contributed by atoms with Crippen molar-refractivity contribution >= 4 is 5.97 Å². The Hall–Kier alpha value is -1.75. The summed E-state index contributed by atoms with van der Waals surface area (Å²) in [7, 11) is 0. The van der Waals surface area contributed by atoms with Gasteiger partial charge in [0.15, 0.2) is 0 Å². The fourth-order valence-corrected chi connectivity index (χ4v) is 1.69. The van der Waals surface area contributed by atoms with E-state index in [9.17, 15) is 4.79 Å². The molecule has 0 aliphatic rings. The summed E-state index contributed by atoms with van der Waals surface area (Å²) in [5, 5.41) is 9.06. The van der Waals surface area contributed by atoms with Crippen molar-refractivity contribution < 1.29 is 9.90 Å². The van der Waals surface area contributed by atoms with Crippen LogP contribution >= 0.6 is 0 Å². The van der Waals surface area contributed by atoms with Gasteiger partial charge in [-0.3, -0.25) is 4.79 Å². The summed E-state index contributed by atoms with van der Waals surface area (Å²) >= 11 is 0. The van der Waals surface area contributed by atoms with Gasteiger partial charge in [0.05, 0.1) is 5.92 Å². The average molecular weight is 216 g/mol. The van der Waals surface area contributed by atoms with E-state index >= 15 is 0 Å². The van der Waals surface area contributed by atoms with Crippen LogP contribution in [0.3, 0.4) is 0 Å². The summed E-state index contributed by atoms with van der Waals surface area (Å²) in [5.74, 6) is 1.34. The first kappa shape index (κ1) is 12.3. The zero-order valence-corrected chi connectivity index (χ0v) is 9.44. The Morgan fingerprint density at radius 1 is 1.56 bits per heavy atom. The van der Waals surface area contributed by atoms with E-state index in [4.69, 9.17) is 11.5 Å². The Labute approximate surface area is 96.3 Å². The van der Waals surface area contributed by atoms with Gasteiger partial charge in [0.25, 0.3) is 0 Å². The zero-order valence-electron chi connectivity index (χ0n) is 9.44. The molecule has 1 aromatic rings. The predicted octanol–water partition coefficient (Wildman–Crippen LogP) is 2.65. The van der Waals surface area contributed by atoms with E-state index in [1.807, 2.05) is 31.2 Å². The molecule has 0 fully saturated rings. The van der Waals surface area contributed by atoms with Crippen LogP contribution in [0.15, 0.2) is 24.3 Å². The molecule has 2 heteroatoms. The third kappa shape index (κ3) is 3.78. The van der Waals surface area contributed by atoms with Gasteiger partial charge in [0, 0.05) is 6.42 Å². The van der Waals surface area contributed by atoms with Gasteiger partial charge in [-0.25, -0.2) is 0 Å². The monoisotopic (exact) mass is 216 g/mol. The maximum atomic E-state index is 11.0. The molecule has 0 radical (unpaired) electrons. The van der Waals surface area contributed by atoms with Crippen molar-refractivity contribution in [2.24, 2.45) is 5.92 Å². The number of benzene rings is 1. The molecule has 0 bridgehead atoms. The molecule has 1 rings (SSSR count). The molecule has 0 saturated carbocycles. The molecule has 0 amide bonds. The Kier molecular flexibility index (Phi) is 4.60. The Bertz CT molecular complexity index is 401. The standard InChI is InChI=1S/C14H16O2/c1-3-4-8-13(14(15)16)10-12-7-5-6-11(2)9-12/h1,5-7,9,13H,4,8,10H2,2H3,(H,15,16). The van der Waals surface area contributed by atoms with Crippen LogP contribution < -0.4 is 0 Å². The van der Waals surface area contributed by atoms with E-state index in [1.54, 1.807) is 0 Å². The minimum absolute atomic E-state index is 0.377. The van der Waals surface area contributed by atoms with Gasteiger partial charge in [-0.05, 0) is 25.3 Å². The second kappa shape index (κ2) is 5.97. The Morgan fingerprint density at radius 2 is 2.31 bits per heavy atom. The molecule has 1 N–H and O–H groups in total. The second-order valence-corrected chi connectivity index (χ2v) is 3.97. The minimum atomic E-state index is -0.767. The molecule has 1 atom stereocenters. The third-order valence-electron chi connectivity index (χ3n) is 2.55. The molecular formula is C14H16O2. The average Bonchev–Trinajstić information content (AvgIpc) is 2.24. The molecule has 1 unspecified atom stereocenters. The van der Waals surface area contributed by atoms with Gasteiger partial charge in [-0.1, -0.05) is 29.8 Å². The fraction of sp³-hybridized carbons (Fsp3) is 0.357. The number of carboxylic acids is 1.